The average molecular weight is 536 g/mol. The first kappa shape index (κ1) is 28.7. The quantitative estimate of drug-likeness (QED) is 0.0966. The number of pyridine rings is 1. The van der Waals surface area contributed by atoms with E-state index < -0.39 is 62.5 Å². The number of amides is 2. The maximum absolute atomic E-state index is 12.3. The molecule has 38 heavy (non-hydrogen) atoms. The summed E-state index contributed by atoms with van der Waals surface area (Å²) in [5.41, 5.74) is -1.66. The van der Waals surface area contributed by atoms with Crippen molar-refractivity contribution in [2.45, 2.75) is 24.2 Å². The predicted molar refractivity (Wildman–Crippen MR) is 127 cm³/mol. The normalized spacial score (nSPS) is 11.9. The number of aliphatic hydroxyl groups is 6. The molecule has 0 atom stereocenters. The summed E-state index contributed by atoms with van der Waals surface area (Å²) in [6.07, 6.45) is 2.92. The molecule has 8 N–H and O–H groups in total. The molecule has 0 fully saturated rings. The van der Waals surface area contributed by atoms with Gasteiger partial charge in [-0.3, -0.25) is 9.59 Å². The van der Waals surface area contributed by atoms with Crippen molar-refractivity contribution in [1.82, 2.24) is 45.6 Å². The Morgan fingerprint density at radius 2 is 1.03 bits per heavy atom. The zero-order valence-corrected chi connectivity index (χ0v) is 20.2. The van der Waals surface area contributed by atoms with Gasteiger partial charge in [-0.25, -0.2) is 14.3 Å². The van der Waals surface area contributed by atoms with Gasteiger partial charge in [-0.2, -0.15) is 0 Å². The summed E-state index contributed by atoms with van der Waals surface area (Å²) in [5.74, 6) is -1.23. The van der Waals surface area contributed by atoms with E-state index in [1.165, 1.54) is 21.8 Å². The fraction of sp³-hybridized carbons (Fsp3) is 0.476. The van der Waals surface area contributed by atoms with Crippen LogP contribution in [0.2, 0.25) is 0 Å². The zero-order valence-electron chi connectivity index (χ0n) is 20.2. The highest BCUT2D eigenvalue weighted by molar-refractivity contribution is 5.77. The summed E-state index contributed by atoms with van der Waals surface area (Å²) in [5, 5.41) is 76.6. The van der Waals surface area contributed by atoms with E-state index >= 15 is 0 Å². The van der Waals surface area contributed by atoms with Crippen LogP contribution in [-0.4, -0.2) is 128 Å². The number of nitrogens with zero attached hydrogens (tertiary/aromatic N) is 7. The van der Waals surface area contributed by atoms with Crippen LogP contribution < -0.4 is 10.6 Å². The van der Waals surface area contributed by atoms with Crippen LogP contribution in [0.15, 0.2) is 30.6 Å². The van der Waals surface area contributed by atoms with Gasteiger partial charge in [-0.15, -0.1) is 10.2 Å². The number of hydrogen-bond acceptors (Lipinski definition) is 13. The summed E-state index contributed by atoms with van der Waals surface area (Å²) < 4.78 is 2.44. The number of aliphatic hydroxyl groups excluding tert-OH is 6. The Balaban J connectivity index is 1.68. The fourth-order valence-electron chi connectivity index (χ4n) is 3.21. The third-order valence-electron chi connectivity index (χ3n) is 5.59. The highest BCUT2D eigenvalue weighted by atomic mass is 16.3. The molecule has 3 aromatic rings. The van der Waals surface area contributed by atoms with Crippen LogP contribution in [-0.2, 0) is 22.7 Å². The first-order valence-electron chi connectivity index (χ1n) is 11.3. The molecular weight excluding hydrogens is 506 g/mol. The highest BCUT2D eigenvalue weighted by Gasteiger charge is 2.31. The van der Waals surface area contributed by atoms with E-state index in [0.717, 1.165) is 0 Å². The van der Waals surface area contributed by atoms with E-state index in [-0.39, 0.29) is 13.1 Å². The van der Waals surface area contributed by atoms with Crippen LogP contribution in [0.1, 0.15) is 0 Å². The Morgan fingerprint density at radius 3 is 1.37 bits per heavy atom. The van der Waals surface area contributed by atoms with Gasteiger partial charge < -0.3 is 41.3 Å². The van der Waals surface area contributed by atoms with Crippen molar-refractivity contribution in [2.24, 2.45) is 0 Å². The van der Waals surface area contributed by atoms with E-state index in [0.29, 0.717) is 22.8 Å². The van der Waals surface area contributed by atoms with Crippen LogP contribution in [0.25, 0.3) is 22.8 Å². The molecule has 206 valence electrons. The lowest BCUT2D eigenvalue weighted by Crippen LogP contribution is -2.57. The van der Waals surface area contributed by atoms with Gasteiger partial charge in [0.1, 0.15) is 35.6 Å². The van der Waals surface area contributed by atoms with Crippen LogP contribution in [0.3, 0.4) is 0 Å². The molecule has 17 heteroatoms. The lowest BCUT2D eigenvalue weighted by molar-refractivity contribution is -0.126. The molecule has 0 aromatic carbocycles. The van der Waals surface area contributed by atoms with E-state index in [1.54, 1.807) is 18.2 Å². The number of rotatable bonds is 14. The predicted octanol–water partition coefficient (Wildman–Crippen LogP) is -4.74. The molecule has 0 saturated heterocycles. The molecule has 3 heterocycles. The summed E-state index contributed by atoms with van der Waals surface area (Å²) >= 11 is 0. The zero-order chi connectivity index (χ0) is 27.8. The van der Waals surface area contributed by atoms with Crippen molar-refractivity contribution in [3.8, 4) is 22.8 Å². The second-order valence-corrected chi connectivity index (χ2v) is 8.62. The van der Waals surface area contributed by atoms with Gasteiger partial charge in [0.15, 0.2) is 0 Å². The van der Waals surface area contributed by atoms with Gasteiger partial charge in [0.05, 0.1) is 63.4 Å². The van der Waals surface area contributed by atoms with Gasteiger partial charge in [0.2, 0.25) is 11.8 Å². The molecule has 0 aliphatic carbocycles. The Kier molecular flexibility index (Phi) is 9.50. The molecule has 3 rings (SSSR count). The van der Waals surface area contributed by atoms with Gasteiger partial charge in [-0.05, 0) is 12.1 Å². The first-order valence-corrected chi connectivity index (χ1v) is 11.3. The molecule has 2 amide bonds. The third-order valence-corrected chi connectivity index (χ3v) is 5.59. The van der Waals surface area contributed by atoms with Gasteiger partial charge in [-0.1, -0.05) is 16.5 Å². The van der Waals surface area contributed by atoms with Crippen molar-refractivity contribution in [2.75, 3.05) is 39.6 Å². The Bertz CT molecular complexity index is 1120. The van der Waals surface area contributed by atoms with Crippen LogP contribution in [0.5, 0.6) is 0 Å². The minimum absolute atomic E-state index is 0.297. The van der Waals surface area contributed by atoms with E-state index in [4.69, 9.17) is 0 Å². The standard InChI is InChI=1S/C21H29N9O8/c31-8-20(9-32,10-33)23-18(37)6-29-4-16(25-27-29)14-2-1-3-15(22-14)17-5-30(28-26-17)7-19(38)24-21(11-34,12-35)13-36/h1-5,31-36H,6-13H2,(H,23,37)(H,24,38). The number of aromatic nitrogens is 7. The van der Waals surface area contributed by atoms with Crippen molar-refractivity contribution in [3.63, 3.8) is 0 Å². The second-order valence-electron chi connectivity index (χ2n) is 8.62. The Morgan fingerprint density at radius 1 is 0.658 bits per heavy atom. The third kappa shape index (κ3) is 6.71. The number of hydrogen-bond donors (Lipinski definition) is 8. The monoisotopic (exact) mass is 535 g/mol. The van der Waals surface area contributed by atoms with Crippen LogP contribution in [0.4, 0.5) is 0 Å². The second kappa shape index (κ2) is 12.6. The van der Waals surface area contributed by atoms with Crippen molar-refractivity contribution >= 4 is 11.8 Å². The maximum Gasteiger partial charge on any atom is 0.242 e. The smallest absolute Gasteiger partial charge is 0.242 e. The summed E-state index contributed by atoms with van der Waals surface area (Å²) in [4.78, 5) is 29.0. The molecule has 3 aromatic heterocycles. The van der Waals surface area contributed by atoms with Gasteiger partial charge in [0.25, 0.3) is 0 Å². The molecule has 0 aliphatic rings. The van der Waals surface area contributed by atoms with E-state index in [2.05, 4.69) is 36.2 Å². The van der Waals surface area contributed by atoms with Crippen molar-refractivity contribution < 1.29 is 40.2 Å². The molecular formula is C21H29N9O8. The summed E-state index contributed by atoms with van der Waals surface area (Å²) in [6.45, 7) is -4.54. The average Bonchev–Trinajstić information content (AvgIpc) is 3.60. The Labute approximate surface area is 215 Å². The molecule has 0 unspecified atom stereocenters. The molecule has 0 radical (unpaired) electrons. The van der Waals surface area contributed by atoms with Gasteiger partial charge in [0, 0.05) is 0 Å². The van der Waals surface area contributed by atoms with Gasteiger partial charge >= 0.3 is 0 Å². The fourth-order valence-corrected chi connectivity index (χ4v) is 3.21. The lowest BCUT2D eigenvalue weighted by atomic mass is 10.0. The molecule has 0 spiro atoms. The minimum atomic E-state index is -1.56. The van der Waals surface area contributed by atoms with E-state index in [1.807, 2.05) is 0 Å². The number of carbonyl (C=O) groups is 2. The van der Waals surface area contributed by atoms with E-state index in [9.17, 15) is 40.2 Å². The number of carbonyl (C=O) groups excluding carboxylic acids is 2. The molecule has 0 aliphatic heterocycles. The Hall–Kier alpha value is -3.87. The molecule has 0 saturated carbocycles. The first-order chi connectivity index (χ1) is 18.2. The van der Waals surface area contributed by atoms with Crippen molar-refractivity contribution in [1.29, 1.82) is 0 Å². The van der Waals surface area contributed by atoms with Crippen molar-refractivity contribution in [3.05, 3.63) is 30.6 Å². The number of nitrogens with one attached hydrogen (secondary N) is 2. The largest absolute Gasteiger partial charge is 0.394 e. The maximum atomic E-state index is 12.3. The molecule has 17 nitrogen and oxygen atoms in total. The molecule has 0 bridgehead atoms. The van der Waals surface area contributed by atoms with Crippen LogP contribution >= 0.6 is 0 Å². The van der Waals surface area contributed by atoms with Crippen LogP contribution in [0, 0.1) is 0 Å². The topological polar surface area (TPSA) is 254 Å². The lowest BCUT2D eigenvalue weighted by Gasteiger charge is -2.28. The minimum Gasteiger partial charge on any atom is -0.394 e. The highest BCUT2D eigenvalue weighted by Crippen LogP contribution is 2.19. The SMILES string of the molecule is O=C(Cn1cc(-c2cccc(-c3cn(CC(=O)NC(CO)(CO)CO)nn3)n2)nn1)NC(CO)(CO)CO. The summed E-state index contributed by atoms with van der Waals surface area (Å²) in [7, 11) is 0. The summed E-state index contributed by atoms with van der Waals surface area (Å²) in [6, 6.07) is 5.00.